The number of nitrogens with one attached hydrogen (secondary N) is 2. The van der Waals surface area contributed by atoms with Crippen molar-refractivity contribution in [3.8, 4) is 5.75 Å². The van der Waals surface area contributed by atoms with Gasteiger partial charge in [-0.25, -0.2) is 4.39 Å². The molecule has 1 aliphatic heterocycles. The molecule has 1 fully saturated rings. The highest BCUT2D eigenvalue weighted by Crippen LogP contribution is 2.26. The Morgan fingerprint density at radius 2 is 2.04 bits per heavy atom. The first-order chi connectivity index (χ1) is 12.6. The van der Waals surface area contributed by atoms with Gasteiger partial charge in [-0.3, -0.25) is 0 Å². The van der Waals surface area contributed by atoms with Crippen LogP contribution in [0.4, 0.5) is 4.39 Å². The summed E-state index contributed by atoms with van der Waals surface area (Å²) in [5.74, 6) is 1.11. The molecule has 26 heavy (non-hydrogen) atoms. The third-order valence-corrected chi connectivity index (χ3v) is 5.51. The fourth-order valence-electron chi connectivity index (χ4n) is 3.14. The van der Waals surface area contributed by atoms with Crippen LogP contribution in [0.15, 0.2) is 40.9 Å². The lowest BCUT2D eigenvalue weighted by atomic mass is 9.98. The predicted molar refractivity (Wildman–Crippen MR) is 107 cm³/mol. The van der Waals surface area contributed by atoms with Crippen molar-refractivity contribution in [2.24, 2.45) is 5.92 Å². The summed E-state index contributed by atoms with van der Waals surface area (Å²) in [7, 11) is 0. The number of rotatable bonds is 7. The fraction of sp³-hybridized carbons (Fsp3) is 0.400. The Hall–Kier alpha value is -1.14. The Kier molecular flexibility index (Phi) is 7.32. The second kappa shape index (κ2) is 9.70. The summed E-state index contributed by atoms with van der Waals surface area (Å²) in [6.45, 7) is 4.01. The molecule has 0 amide bonds. The zero-order valence-electron chi connectivity index (χ0n) is 14.5. The van der Waals surface area contributed by atoms with Crippen molar-refractivity contribution < 1.29 is 9.13 Å². The first kappa shape index (κ1) is 19.6. The maximum absolute atomic E-state index is 13.9. The van der Waals surface area contributed by atoms with Gasteiger partial charge in [-0.1, -0.05) is 33.6 Å². The number of piperidine rings is 1. The van der Waals surface area contributed by atoms with E-state index >= 15 is 0 Å². The highest BCUT2D eigenvalue weighted by Gasteiger charge is 2.14. The molecule has 3 nitrogen and oxygen atoms in total. The fourth-order valence-corrected chi connectivity index (χ4v) is 3.77. The molecule has 0 saturated carbocycles. The highest BCUT2D eigenvalue weighted by atomic mass is 79.9. The van der Waals surface area contributed by atoms with Gasteiger partial charge in [0.25, 0.3) is 0 Å². The van der Waals surface area contributed by atoms with Crippen molar-refractivity contribution in [1.82, 2.24) is 10.6 Å². The van der Waals surface area contributed by atoms with E-state index < -0.39 is 0 Å². The summed E-state index contributed by atoms with van der Waals surface area (Å²) >= 11 is 9.60. The predicted octanol–water partition coefficient (Wildman–Crippen LogP) is 4.91. The molecule has 0 aliphatic carbocycles. The summed E-state index contributed by atoms with van der Waals surface area (Å²) in [4.78, 5) is 0. The van der Waals surface area contributed by atoms with E-state index in [1.165, 1.54) is 18.9 Å². The second-order valence-electron chi connectivity index (χ2n) is 6.57. The summed E-state index contributed by atoms with van der Waals surface area (Å²) < 4.78 is 20.8. The minimum atomic E-state index is -0.347. The van der Waals surface area contributed by atoms with Crippen molar-refractivity contribution >= 4 is 27.5 Å². The van der Waals surface area contributed by atoms with Crippen LogP contribution >= 0.6 is 27.5 Å². The van der Waals surface area contributed by atoms with Crippen molar-refractivity contribution in [2.75, 3.05) is 19.6 Å². The number of hydrogen-bond acceptors (Lipinski definition) is 3. The average molecular weight is 442 g/mol. The van der Waals surface area contributed by atoms with Crippen LogP contribution in [0.1, 0.15) is 24.0 Å². The number of benzene rings is 2. The molecule has 2 aromatic carbocycles. The van der Waals surface area contributed by atoms with Gasteiger partial charge in [0.05, 0.1) is 5.02 Å². The SMILES string of the molecule is Fc1cccc(Cl)c1COc1ccc(Br)cc1CNCC1CCNCC1. The van der Waals surface area contributed by atoms with E-state index in [1.54, 1.807) is 12.1 Å². The Morgan fingerprint density at radius 1 is 1.23 bits per heavy atom. The standard InChI is InChI=1S/C20H23BrClFN2O/c21-16-4-5-20(26-13-17-18(22)2-1-3-19(17)23)15(10-16)12-25-11-14-6-8-24-9-7-14/h1-5,10,14,24-25H,6-9,11-13H2. The van der Waals surface area contributed by atoms with Crippen LogP contribution in [0, 0.1) is 11.7 Å². The van der Waals surface area contributed by atoms with E-state index in [0.717, 1.165) is 35.4 Å². The van der Waals surface area contributed by atoms with Gasteiger partial charge < -0.3 is 15.4 Å². The van der Waals surface area contributed by atoms with Crippen molar-refractivity contribution in [3.63, 3.8) is 0 Å². The summed E-state index contributed by atoms with van der Waals surface area (Å²) in [6.07, 6.45) is 2.42. The van der Waals surface area contributed by atoms with Crippen LogP contribution < -0.4 is 15.4 Å². The molecule has 0 atom stereocenters. The van der Waals surface area contributed by atoms with Crippen LogP contribution in [0.2, 0.25) is 5.02 Å². The van der Waals surface area contributed by atoms with E-state index in [-0.39, 0.29) is 12.4 Å². The summed E-state index contributed by atoms with van der Waals surface area (Å²) in [6, 6.07) is 10.5. The largest absolute Gasteiger partial charge is 0.488 e. The first-order valence-electron chi connectivity index (χ1n) is 8.89. The lowest BCUT2D eigenvalue weighted by Crippen LogP contribution is -2.33. The van der Waals surface area contributed by atoms with Gasteiger partial charge in [-0.15, -0.1) is 0 Å². The smallest absolute Gasteiger partial charge is 0.131 e. The van der Waals surface area contributed by atoms with E-state index in [4.69, 9.17) is 16.3 Å². The molecule has 0 aromatic heterocycles. The molecule has 2 aromatic rings. The number of halogens is 3. The van der Waals surface area contributed by atoms with Crippen LogP contribution in [0.25, 0.3) is 0 Å². The van der Waals surface area contributed by atoms with Gasteiger partial charge in [0, 0.05) is 22.1 Å². The molecule has 0 radical (unpaired) electrons. The van der Waals surface area contributed by atoms with Gasteiger partial charge in [0.15, 0.2) is 0 Å². The first-order valence-corrected chi connectivity index (χ1v) is 10.1. The Balaban J connectivity index is 1.62. The lowest BCUT2D eigenvalue weighted by molar-refractivity contribution is 0.295. The van der Waals surface area contributed by atoms with Gasteiger partial charge in [-0.2, -0.15) is 0 Å². The van der Waals surface area contributed by atoms with Crippen molar-refractivity contribution in [3.05, 3.63) is 62.8 Å². The van der Waals surface area contributed by atoms with Gasteiger partial charge >= 0.3 is 0 Å². The highest BCUT2D eigenvalue weighted by molar-refractivity contribution is 9.10. The van der Waals surface area contributed by atoms with E-state index in [0.29, 0.717) is 23.0 Å². The summed E-state index contributed by atoms with van der Waals surface area (Å²) in [5.41, 5.74) is 1.42. The van der Waals surface area contributed by atoms with Crippen molar-refractivity contribution in [1.29, 1.82) is 0 Å². The van der Waals surface area contributed by atoms with Crippen LogP contribution in [0.3, 0.4) is 0 Å². The van der Waals surface area contributed by atoms with E-state index in [9.17, 15) is 4.39 Å². The zero-order valence-corrected chi connectivity index (χ0v) is 16.9. The molecule has 1 aliphatic rings. The topological polar surface area (TPSA) is 33.3 Å². The van der Waals surface area contributed by atoms with Crippen molar-refractivity contribution in [2.45, 2.75) is 26.0 Å². The molecule has 140 valence electrons. The third kappa shape index (κ3) is 5.43. The van der Waals surface area contributed by atoms with Gasteiger partial charge in [-0.05, 0) is 68.7 Å². The molecule has 0 unspecified atom stereocenters. The van der Waals surface area contributed by atoms with E-state index in [2.05, 4.69) is 26.6 Å². The number of hydrogen-bond donors (Lipinski definition) is 2. The minimum Gasteiger partial charge on any atom is -0.488 e. The molecule has 6 heteroatoms. The average Bonchev–Trinajstić information content (AvgIpc) is 2.64. The minimum absolute atomic E-state index is 0.106. The molecule has 0 spiro atoms. The Morgan fingerprint density at radius 3 is 2.81 bits per heavy atom. The zero-order chi connectivity index (χ0) is 18.4. The lowest BCUT2D eigenvalue weighted by Gasteiger charge is -2.23. The maximum Gasteiger partial charge on any atom is 0.131 e. The van der Waals surface area contributed by atoms with Gasteiger partial charge in [0.1, 0.15) is 18.2 Å². The third-order valence-electron chi connectivity index (χ3n) is 4.66. The Bertz CT molecular complexity index is 717. The molecule has 1 saturated heterocycles. The van der Waals surface area contributed by atoms with Crippen LogP contribution in [0.5, 0.6) is 5.75 Å². The maximum atomic E-state index is 13.9. The Labute approximate surface area is 167 Å². The van der Waals surface area contributed by atoms with E-state index in [1.807, 2.05) is 18.2 Å². The molecule has 3 rings (SSSR count). The molecular weight excluding hydrogens is 419 g/mol. The second-order valence-corrected chi connectivity index (χ2v) is 7.89. The van der Waals surface area contributed by atoms with Gasteiger partial charge in [0.2, 0.25) is 0 Å². The molecule has 2 N–H and O–H groups in total. The molecular formula is C20H23BrClFN2O. The monoisotopic (exact) mass is 440 g/mol. The van der Waals surface area contributed by atoms with Crippen LogP contribution in [-0.2, 0) is 13.2 Å². The quantitative estimate of drug-likeness (QED) is 0.640. The van der Waals surface area contributed by atoms with Crippen LogP contribution in [-0.4, -0.2) is 19.6 Å². The molecule has 1 heterocycles. The normalized spacial score (nSPS) is 15.2. The summed E-state index contributed by atoms with van der Waals surface area (Å²) in [5, 5.41) is 7.30. The number of ether oxygens (including phenoxy) is 1. The molecule has 0 bridgehead atoms.